The Labute approximate surface area is 188 Å². The van der Waals surface area contributed by atoms with E-state index in [1.807, 2.05) is 18.7 Å². The Kier molecular flexibility index (Phi) is 5.10. The van der Waals surface area contributed by atoms with Crippen molar-refractivity contribution in [1.29, 1.82) is 0 Å². The molecule has 7 nitrogen and oxygen atoms in total. The van der Waals surface area contributed by atoms with Crippen molar-refractivity contribution >= 4 is 11.6 Å². The van der Waals surface area contributed by atoms with Gasteiger partial charge < -0.3 is 4.90 Å². The van der Waals surface area contributed by atoms with Gasteiger partial charge in [-0.2, -0.15) is 18.3 Å². The fourth-order valence-corrected chi connectivity index (χ4v) is 4.74. The normalized spacial score (nSPS) is 19.4. The molecule has 0 radical (unpaired) electrons. The molecule has 2 atom stereocenters. The van der Waals surface area contributed by atoms with E-state index < -0.39 is 11.7 Å². The zero-order valence-electron chi connectivity index (χ0n) is 18.6. The first-order chi connectivity index (χ1) is 15.7. The summed E-state index contributed by atoms with van der Waals surface area (Å²) in [7, 11) is 1.92. The van der Waals surface area contributed by atoms with Crippen LogP contribution < -0.4 is 4.90 Å². The van der Waals surface area contributed by atoms with Gasteiger partial charge in [0.25, 0.3) is 0 Å². The molecule has 0 bridgehead atoms. The molecule has 1 aliphatic heterocycles. The van der Waals surface area contributed by atoms with E-state index in [4.69, 9.17) is 4.98 Å². The van der Waals surface area contributed by atoms with Gasteiger partial charge >= 0.3 is 6.18 Å². The van der Waals surface area contributed by atoms with Gasteiger partial charge in [-0.15, -0.1) is 0 Å². The largest absolute Gasteiger partial charge is 0.417 e. The van der Waals surface area contributed by atoms with Crippen molar-refractivity contribution in [3.8, 4) is 11.4 Å². The highest BCUT2D eigenvalue weighted by Crippen LogP contribution is 2.34. The van der Waals surface area contributed by atoms with Gasteiger partial charge in [0.05, 0.1) is 28.8 Å². The lowest BCUT2D eigenvalue weighted by molar-refractivity contribution is -0.137. The van der Waals surface area contributed by atoms with E-state index in [0.717, 1.165) is 37.5 Å². The van der Waals surface area contributed by atoms with Crippen molar-refractivity contribution in [1.82, 2.24) is 29.1 Å². The zero-order chi connectivity index (χ0) is 23.3. The smallest absolute Gasteiger partial charge is 0.340 e. The molecule has 0 saturated carbocycles. The molecular weight excluding hydrogens is 431 g/mol. The number of fused-ring (bicyclic) bond motifs is 1. The third-order valence-electron chi connectivity index (χ3n) is 6.17. The van der Waals surface area contributed by atoms with Crippen LogP contribution in [-0.4, -0.2) is 42.2 Å². The molecule has 172 valence electrons. The van der Waals surface area contributed by atoms with Gasteiger partial charge in [-0.3, -0.25) is 9.08 Å². The fraction of sp³-hybridized carbons (Fsp3) is 0.391. The molecule has 0 unspecified atom stereocenters. The summed E-state index contributed by atoms with van der Waals surface area (Å²) in [5, 5.41) is 4.49. The number of hydrogen-bond acceptors (Lipinski definition) is 5. The van der Waals surface area contributed by atoms with Gasteiger partial charge in [-0.1, -0.05) is 6.92 Å². The first-order valence-electron chi connectivity index (χ1n) is 10.8. The molecule has 0 aliphatic carbocycles. The van der Waals surface area contributed by atoms with Crippen molar-refractivity contribution in [3.63, 3.8) is 0 Å². The first kappa shape index (κ1) is 21.4. The Morgan fingerprint density at radius 1 is 1.06 bits per heavy atom. The van der Waals surface area contributed by atoms with Crippen LogP contribution in [0.2, 0.25) is 0 Å². The summed E-state index contributed by atoms with van der Waals surface area (Å²) in [6.45, 7) is 5.80. The highest BCUT2D eigenvalue weighted by atomic mass is 19.4. The van der Waals surface area contributed by atoms with Gasteiger partial charge in [0.2, 0.25) is 5.95 Å². The molecule has 5 rings (SSSR count). The molecule has 4 aromatic heterocycles. The lowest BCUT2D eigenvalue weighted by Gasteiger charge is -2.36. The number of alkyl halides is 3. The standard InChI is InChI=1S/C23H24F3N7/c1-14-8-16(18-13-31(3)30-15(18)2)11-32(10-14)22-27-7-6-19(29-22)20-9-28-21-5-4-17(12-33(20)21)23(24,25)26/h4-7,9,12-14,16H,8,10-11H2,1-3H3/t14-,16+/m0/s1. The highest BCUT2D eigenvalue weighted by Gasteiger charge is 2.32. The quantitative estimate of drug-likeness (QED) is 0.456. The van der Waals surface area contributed by atoms with Crippen molar-refractivity contribution in [3.05, 3.63) is 59.8 Å². The number of imidazole rings is 1. The minimum atomic E-state index is -4.43. The molecule has 4 aromatic rings. The molecule has 33 heavy (non-hydrogen) atoms. The van der Waals surface area contributed by atoms with Gasteiger partial charge in [0, 0.05) is 44.6 Å². The van der Waals surface area contributed by atoms with E-state index in [-0.39, 0.29) is 0 Å². The van der Waals surface area contributed by atoms with E-state index in [0.29, 0.717) is 34.8 Å². The minimum absolute atomic E-state index is 0.305. The third kappa shape index (κ3) is 4.05. The molecular formula is C23H24F3N7. The van der Waals surface area contributed by atoms with E-state index >= 15 is 0 Å². The van der Waals surface area contributed by atoms with Crippen LogP contribution in [0.25, 0.3) is 17.0 Å². The SMILES string of the molecule is Cc1nn(C)cc1[C@@H]1C[C@H](C)CN(c2nccc(-c3cnc4ccc(C(F)(F)F)cn34)n2)C1. The Morgan fingerprint density at radius 3 is 2.61 bits per heavy atom. The number of aromatic nitrogens is 6. The summed E-state index contributed by atoms with van der Waals surface area (Å²) in [5.74, 6) is 1.30. The average molecular weight is 455 g/mol. The Balaban J connectivity index is 1.49. The molecule has 0 amide bonds. The number of piperidine rings is 1. The molecule has 1 fully saturated rings. The highest BCUT2D eigenvalue weighted by molar-refractivity contribution is 5.61. The predicted molar refractivity (Wildman–Crippen MR) is 118 cm³/mol. The van der Waals surface area contributed by atoms with Crippen LogP contribution in [0.15, 0.2) is 43.0 Å². The maximum Gasteiger partial charge on any atom is 0.417 e. The summed E-state index contributed by atoms with van der Waals surface area (Å²) < 4.78 is 43.0. The van der Waals surface area contributed by atoms with Crippen molar-refractivity contribution in [2.45, 2.75) is 32.4 Å². The Morgan fingerprint density at radius 2 is 1.88 bits per heavy atom. The van der Waals surface area contributed by atoms with Crippen molar-refractivity contribution < 1.29 is 13.2 Å². The molecule has 1 aliphatic rings. The van der Waals surface area contributed by atoms with Gasteiger partial charge in [-0.25, -0.2) is 15.0 Å². The summed E-state index contributed by atoms with van der Waals surface area (Å²) in [6.07, 6.45) is 2.94. The number of anilines is 1. The molecule has 0 N–H and O–H groups in total. The van der Waals surface area contributed by atoms with Gasteiger partial charge in [0.15, 0.2) is 0 Å². The number of rotatable bonds is 3. The summed E-state index contributed by atoms with van der Waals surface area (Å²) in [6, 6.07) is 4.10. The number of halogens is 3. The zero-order valence-corrected chi connectivity index (χ0v) is 18.6. The number of aryl methyl sites for hydroxylation is 2. The van der Waals surface area contributed by atoms with Crippen molar-refractivity contribution in [2.24, 2.45) is 13.0 Å². The van der Waals surface area contributed by atoms with Crippen LogP contribution in [0.1, 0.15) is 36.1 Å². The van der Waals surface area contributed by atoms with Crippen LogP contribution in [-0.2, 0) is 13.2 Å². The van der Waals surface area contributed by atoms with E-state index in [1.54, 1.807) is 18.5 Å². The van der Waals surface area contributed by atoms with Crippen LogP contribution >= 0.6 is 0 Å². The molecule has 10 heteroatoms. The third-order valence-corrected chi connectivity index (χ3v) is 6.17. The number of nitrogens with zero attached hydrogens (tertiary/aromatic N) is 7. The summed E-state index contributed by atoms with van der Waals surface area (Å²) >= 11 is 0. The minimum Gasteiger partial charge on any atom is -0.340 e. The molecule has 0 aromatic carbocycles. The van der Waals surface area contributed by atoms with E-state index in [9.17, 15) is 13.2 Å². The maximum absolute atomic E-state index is 13.2. The monoisotopic (exact) mass is 455 g/mol. The number of hydrogen-bond donors (Lipinski definition) is 0. The Hall–Kier alpha value is -3.43. The van der Waals surface area contributed by atoms with Gasteiger partial charge in [0.1, 0.15) is 5.65 Å². The van der Waals surface area contributed by atoms with Crippen LogP contribution in [0.3, 0.4) is 0 Å². The van der Waals surface area contributed by atoms with E-state index in [1.165, 1.54) is 16.0 Å². The van der Waals surface area contributed by atoms with E-state index in [2.05, 4.69) is 33.1 Å². The number of pyridine rings is 1. The topological polar surface area (TPSA) is 64.1 Å². The summed E-state index contributed by atoms with van der Waals surface area (Å²) in [5.41, 5.74) is 2.97. The Bertz CT molecular complexity index is 1310. The first-order valence-corrected chi connectivity index (χ1v) is 10.8. The van der Waals surface area contributed by atoms with Crippen molar-refractivity contribution in [2.75, 3.05) is 18.0 Å². The predicted octanol–water partition coefficient (Wildman–Crippen LogP) is 4.48. The van der Waals surface area contributed by atoms with Gasteiger partial charge in [-0.05, 0) is 43.0 Å². The average Bonchev–Trinajstić information content (AvgIpc) is 3.34. The molecule has 1 saturated heterocycles. The molecule has 5 heterocycles. The lowest BCUT2D eigenvalue weighted by Crippen LogP contribution is -2.39. The second kappa shape index (κ2) is 7.86. The van der Waals surface area contributed by atoms with Crippen LogP contribution in [0.4, 0.5) is 19.1 Å². The summed E-state index contributed by atoms with van der Waals surface area (Å²) in [4.78, 5) is 15.6. The maximum atomic E-state index is 13.2. The van der Waals surface area contributed by atoms with Crippen LogP contribution in [0.5, 0.6) is 0 Å². The lowest BCUT2D eigenvalue weighted by atomic mass is 9.86. The molecule has 0 spiro atoms. The second-order valence-corrected chi connectivity index (χ2v) is 8.82. The fourth-order valence-electron chi connectivity index (χ4n) is 4.74. The second-order valence-electron chi connectivity index (χ2n) is 8.82. The van der Waals surface area contributed by atoms with Crippen LogP contribution in [0, 0.1) is 12.8 Å².